The molecule has 6 nitrogen and oxygen atoms in total. The fourth-order valence-corrected chi connectivity index (χ4v) is 2.17. The third-order valence-electron chi connectivity index (χ3n) is 2.98. The molecule has 0 bridgehead atoms. The van der Waals surface area contributed by atoms with E-state index in [1.807, 2.05) is 24.7 Å². The van der Waals surface area contributed by atoms with Crippen LogP contribution in [0, 0.1) is 6.92 Å². The first-order chi connectivity index (χ1) is 9.06. The predicted molar refractivity (Wildman–Crippen MR) is 71.0 cm³/mol. The summed E-state index contributed by atoms with van der Waals surface area (Å²) < 4.78 is 1.85. The van der Waals surface area contributed by atoms with Crippen molar-refractivity contribution in [3.05, 3.63) is 40.7 Å². The number of phenolic OH excluding ortho intramolecular Hbond substituents is 1. The third-order valence-corrected chi connectivity index (χ3v) is 2.98. The van der Waals surface area contributed by atoms with E-state index in [1.54, 1.807) is 12.1 Å². The fourth-order valence-electron chi connectivity index (χ4n) is 2.17. The topological polar surface area (TPSA) is 83.8 Å². The predicted octanol–water partition coefficient (Wildman–Crippen LogP) is 1.34. The monoisotopic (exact) mass is 256 g/mol. The number of hydrogen-bond donors (Lipinski definition) is 2. The molecular weight excluding hydrogens is 244 g/mol. The number of benzene rings is 1. The summed E-state index contributed by atoms with van der Waals surface area (Å²) in [6, 6.07) is 3.25. The molecule has 1 aromatic carbocycles. The number of aromatic hydroxyl groups is 1. The molecule has 6 heteroatoms. The minimum Gasteiger partial charge on any atom is -0.506 e. The van der Waals surface area contributed by atoms with Crippen molar-refractivity contribution in [2.45, 2.75) is 6.92 Å². The second-order valence-corrected chi connectivity index (χ2v) is 4.44. The summed E-state index contributed by atoms with van der Waals surface area (Å²) in [5, 5.41) is 10.3. The van der Waals surface area contributed by atoms with Crippen LogP contribution in [0.5, 0.6) is 5.75 Å². The molecule has 2 heterocycles. The summed E-state index contributed by atoms with van der Waals surface area (Å²) >= 11 is 0. The van der Waals surface area contributed by atoms with E-state index in [0.717, 1.165) is 5.69 Å². The average molecular weight is 256 g/mol. The quantitative estimate of drug-likeness (QED) is 0.688. The molecule has 0 saturated carbocycles. The molecule has 0 aliphatic carbocycles. The fraction of sp³-hybridized carbons (Fsp3) is 0.154. The van der Waals surface area contributed by atoms with Gasteiger partial charge in [-0.3, -0.25) is 4.79 Å². The minimum atomic E-state index is -0.284. The maximum absolute atomic E-state index is 11.8. The molecule has 0 saturated heterocycles. The molecule has 96 valence electrons. The van der Waals surface area contributed by atoms with Gasteiger partial charge in [0.15, 0.2) is 0 Å². The Hall–Kier alpha value is -2.63. The van der Waals surface area contributed by atoms with E-state index < -0.39 is 0 Å². The Morgan fingerprint density at radius 3 is 2.84 bits per heavy atom. The van der Waals surface area contributed by atoms with E-state index in [1.165, 1.54) is 6.33 Å². The SMILES string of the molecule is Cc1cn(C)c(-c2cc(O)c3nc[nH]c(=O)c3c2)n1. The molecule has 0 amide bonds. The lowest BCUT2D eigenvalue weighted by molar-refractivity contribution is 0.480. The van der Waals surface area contributed by atoms with E-state index in [4.69, 9.17) is 0 Å². The number of nitrogens with one attached hydrogen (secondary N) is 1. The molecule has 3 aromatic rings. The van der Waals surface area contributed by atoms with Crippen molar-refractivity contribution in [2.24, 2.45) is 7.05 Å². The van der Waals surface area contributed by atoms with Crippen LogP contribution in [-0.2, 0) is 7.05 Å². The smallest absolute Gasteiger partial charge is 0.258 e. The zero-order valence-corrected chi connectivity index (χ0v) is 10.5. The average Bonchev–Trinajstić information content (AvgIpc) is 2.70. The van der Waals surface area contributed by atoms with Crippen LogP contribution in [0.4, 0.5) is 0 Å². The van der Waals surface area contributed by atoms with Crippen molar-refractivity contribution < 1.29 is 5.11 Å². The van der Waals surface area contributed by atoms with Crippen LogP contribution < -0.4 is 5.56 Å². The molecule has 0 atom stereocenters. The lowest BCUT2D eigenvalue weighted by Gasteiger charge is -2.05. The zero-order chi connectivity index (χ0) is 13.6. The highest BCUT2D eigenvalue weighted by Crippen LogP contribution is 2.28. The highest BCUT2D eigenvalue weighted by Gasteiger charge is 2.12. The number of fused-ring (bicyclic) bond motifs is 1. The van der Waals surface area contributed by atoms with Crippen LogP contribution in [0.2, 0.25) is 0 Å². The maximum atomic E-state index is 11.8. The van der Waals surface area contributed by atoms with Crippen LogP contribution in [-0.4, -0.2) is 24.6 Å². The van der Waals surface area contributed by atoms with Gasteiger partial charge in [-0.25, -0.2) is 9.97 Å². The molecule has 0 fully saturated rings. The van der Waals surface area contributed by atoms with Gasteiger partial charge in [0.25, 0.3) is 5.56 Å². The molecule has 3 rings (SSSR count). The maximum Gasteiger partial charge on any atom is 0.258 e. The van der Waals surface area contributed by atoms with Crippen molar-refractivity contribution in [3.8, 4) is 17.1 Å². The first-order valence-corrected chi connectivity index (χ1v) is 5.77. The summed E-state index contributed by atoms with van der Waals surface area (Å²) in [5.41, 5.74) is 1.56. The van der Waals surface area contributed by atoms with Gasteiger partial charge in [-0.05, 0) is 19.1 Å². The zero-order valence-electron chi connectivity index (χ0n) is 10.5. The first kappa shape index (κ1) is 11.5. The van der Waals surface area contributed by atoms with E-state index in [-0.39, 0.29) is 11.3 Å². The molecule has 0 aliphatic heterocycles. The van der Waals surface area contributed by atoms with E-state index in [0.29, 0.717) is 22.3 Å². The largest absolute Gasteiger partial charge is 0.506 e. The Morgan fingerprint density at radius 1 is 1.37 bits per heavy atom. The van der Waals surface area contributed by atoms with Gasteiger partial charge in [-0.15, -0.1) is 0 Å². The number of H-pyrrole nitrogens is 1. The Bertz CT molecular complexity index is 832. The lowest BCUT2D eigenvalue weighted by Crippen LogP contribution is -2.06. The summed E-state index contributed by atoms with van der Waals surface area (Å²) in [4.78, 5) is 22.6. The first-order valence-electron chi connectivity index (χ1n) is 5.77. The number of hydrogen-bond acceptors (Lipinski definition) is 4. The minimum absolute atomic E-state index is 0.0285. The van der Waals surface area contributed by atoms with Crippen LogP contribution >= 0.6 is 0 Å². The highest BCUT2D eigenvalue weighted by molar-refractivity contribution is 5.87. The van der Waals surface area contributed by atoms with Gasteiger partial charge in [-0.2, -0.15) is 0 Å². The molecule has 0 aliphatic rings. The second kappa shape index (κ2) is 3.94. The van der Waals surface area contributed by atoms with Crippen LogP contribution in [0.25, 0.3) is 22.3 Å². The standard InChI is InChI=1S/C13H12N4O2/c1-7-5-17(2)12(16-7)8-3-9-11(10(18)4-8)14-6-15-13(9)19/h3-6,18H,1-2H3,(H,14,15,19). The lowest BCUT2D eigenvalue weighted by atomic mass is 10.1. The van der Waals surface area contributed by atoms with Crippen molar-refractivity contribution in [1.82, 2.24) is 19.5 Å². The van der Waals surface area contributed by atoms with Crippen molar-refractivity contribution in [1.29, 1.82) is 0 Å². The van der Waals surface area contributed by atoms with Gasteiger partial charge in [-0.1, -0.05) is 0 Å². The van der Waals surface area contributed by atoms with Gasteiger partial charge in [0.05, 0.1) is 17.4 Å². The molecule has 2 N–H and O–H groups in total. The molecule has 0 spiro atoms. The van der Waals surface area contributed by atoms with Crippen LogP contribution in [0.3, 0.4) is 0 Å². The summed E-state index contributed by atoms with van der Waals surface area (Å²) in [7, 11) is 1.87. The molecule has 0 radical (unpaired) electrons. The number of aromatic amines is 1. The van der Waals surface area contributed by atoms with E-state index in [2.05, 4.69) is 15.0 Å². The van der Waals surface area contributed by atoms with Gasteiger partial charge in [0, 0.05) is 18.8 Å². The Balaban J connectivity index is 2.35. The highest BCUT2D eigenvalue weighted by atomic mass is 16.3. The van der Waals surface area contributed by atoms with Gasteiger partial charge in [0.1, 0.15) is 17.1 Å². The Labute approximate surface area is 108 Å². The molecular formula is C13H12N4O2. The number of imidazole rings is 1. The summed E-state index contributed by atoms with van der Waals surface area (Å²) in [6.07, 6.45) is 3.15. The number of phenols is 1. The van der Waals surface area contributed by atoms with Gasteiger partial charge < -0.3 is 14.7 Å². The molecule has 2 aromatic heterocycles. The van der Waals surface area contributed by atoms with E-state index in [9.17, 15) is 9.90 Å². The van der Waals surface area contributed by atoms with Crippen molar-refractivity contribution >= 4 is 10.9 Å². The third kappa shape index (κ3) is 1.77. The van der Waals surface area contributed by atoms with Crippen molar-refractivity contribution in [2.75, 3.05) is 0 Å². The normalized spacial score (nSPS) is 11.1. The van der Waals surface area contributed by atoms with Gasteiger partial charge in [0.2, 0.25) is 0 Å². The number of nitrogens with zero attached hydrogens (tertiary/aromatic N) is 3. The summed E-state index contributed by atoms with van der Waals surface area (Å²) in [6.45, 7) is 1.89. The van der Waals surface area contributed by atoms with Crippen LogP contribution in [0.1, 0.15) is 5.69 Å². The van der Waals surface area contributed by atoms with Crippen molar-refractivity contribution in [3.63, 3.8) is 0 Å². The summed E-state index contributed by atoms with van der Waals surface area (Å²) in [5.74, 6) is 0.664. The number of aryl methyl sites for hydroxylation is 2. The number of aromatic nitrogens is 4. The Kier molecular flexibility index (Phi) is 2.38. The Morgan fingerprint density at radius 2 is 2.16 bits per heavy atom. The second-order valence-electron chi connectivity index (χ2n) is 4.44. The molecule has 0 unspecified atom stereocenters. The van der Waals surface area contributed by atoms with Gasteiger partial charge >= 0.3 is 0 Å². The number of rotatable bonds is 1. The van der Waals surface area contributed by atoms with E-state index >= 15 is 0 Å². The van der Waals surface area contributed by atoms with Crippen LogP contribution in [0.15, 0.2) is 29.5 Å². The molecule has 19 heavy (non-hydrogen) atoms.